The minimum absolute atomic E-state index is 0.109. The zero-order valence-electron chi connectivity index (χ0n) is 7.32. The molecule has 1 rings (SSSR count). The number of aliphatic hydroxyl groups is 1. The van der Waals surface area contributed by atoms with Gasteiger partial charge in [0, 0.05) is 6.42 Å². The predicted octanol–water partition coefficient (Wildman–Crippen LogP) is 0.0878. The van der Waals surface area contributed by atoms with Crippen molar-refractivity contribution in [3.8, 4) is 0 Å². The van der Waals surface area contributed by atoms with Gasteiger partial charge in [0.05, 0.1) is 12.7 Å². The van der Waals surface area contributed by atoms with Gasteiger partial charge in [0.2, 0.25) is 0 Å². The van der Waals surface area contributed by atoms with Crippen LogP contribution in [0.3, 0.4) is 0 Å². The monoisotopic (exact) mass is 174 g/mol. The van der Waals surface area contributed by atoms with E-state index in [2.05, 4.69) is 0 Å². The standard InChI is InChI=1S/C8H14O4/c1-8(2)11-6(3-4-9)7(5-10)12-8/h4,6-7,10H,3,5H2,1-2H3/t6-,7+/m1/s1. The van der Waals surface area contributed by atoms with E-state index in [1.54, 1.807) is 13.8 Å². The lowest BCUT2D eigenvalue weighted by atomic mass is 10.2. The second kappa shape index (κ2) is 3.51. The Morgan fingerprint density at radius 3 is 2.50 bits per heavy atom. The van der Waals surface area contributed by atoms with Crippen LogP contribution in [-0.2, 0) is 14.3 Å². The zero-order valence-corrected chi connectivity index (χ0v) is 7.32. The molecule has 0 aliphatic carbocycles. The summed E-state index contributed by atoms with van der Waals surface area (Å²) < 4.78 is 10.7. The maximum atomic E-state index is 10.2. The summed E-state index contributed by atoms with van der Waals surface area (Å²) in [5, 5.41) is 8.87. The molecule has 4 heteroatoms. The topological polar surface area (TPSA) is 55.8 Å². The molecule has 0 aromatic heterocycles. The number of ether oxygens (including phenoxy) is 2. The molecule has 0 bridgehead atoms. The second-order valence-corrected chi connectivity index (χ2v) is 3.30. The highest BCUT2D eigenvalue weighted by molar-refractivity contribution is 5.50. The Hall–Kier alpha value is -0.450. The lowest BCUT2D eigenvalue weighted by molar-refractivity contribution is -0.149. The van der Waals surface area contributed by atoms with Gasteiger partial charge < -0.3 is 19.4 Å². The molecule has 1 saturated heterocycles. The summed E-state index contributed by atoms with van der Waals surface area (Å²) in [5.41, 5.74) is 0. The number of hydrogen-bond acceptors (Lipinski definition) is 4. The first-order valence-electron chi connectivity index (χ1n) is 3.99. The van der Waals surface area contributed by atoms with E-state index < -0.39 is 5.79 Å². The molecular weight excluding hydrogens is 160 g/mol. The molecule has 12 heavy (non-hydrogen) atoms. The van der Waals surface area contributed by atoms with Crippen LogP contribution in [0.5, 0.6) is 0 Å². The van der Waals surface area contributed by atoms with E-state index in [-0.39, 0.29) is 25.2 Å². The van der Waals surface area contributed by atoms with Crippen molar-refractivity contribution in [3.63, 3.8) is 0 Å². The maximum Gasteiger partial charge on any atom is 0.163 e. The normalized spacial score (nSPS) is 33.6. The van der Waals surface area contributed by atoms with Crippen LogP contribution in [0, 0.1) is 0 Å². The summed E-state index contributed by atoms with van der Waals surface area (Å²) in [6, 6.07) is 0. The van der Waals surface area contributed by atoms with E-state index in [0.717, 1.165) is 6.29 Å². The van der Waals surface area contributed by atoms with Gasteiger partial charge in [0.15, 0.2) is 5.79 Å². The van der Waals surface area contributed by atoms with Gasteiger partial charge in [0.25, 0.3) is 0 Å². The highest BCUT2D eigenvalue weighted by atomic mass is 16.8. The van der Waals surface area contributed by atoms with Gasteiger partial charge in [-0.05, 0) is 13.8 Å². The largest absolute Gasteiger partial charge is 0.394 e. The van der Waals surface area contributed by atoms with Crippen molar-refractivity contribution in [1.82, 2.24) is 0 Å². The van der Waals surface area contributed by atoms with Gasteiger partial charge >= 0.3 is 0 Å². The first kappa shape index (κ1) is 9.64. The van der Waals surface area contributed by atoms with Crippen molar-refractivity contribution >= 4 is 6.29 Å². The average Bonchev–Trinajstić information content (AvgIpc) is 2.26. The van der Waals surface area contributed by atoms with Crippen molar-refractivity contribution in [2.75, 3.05) is 6.61 Å². The SMILES string of the molecule is CC1(C)O[C@@H](CO)[C@@H](CC=O)O1. The average molecular weight is 174 g/mol. The number of aliphatic hydroxyl groups excluding tert-OH is 1. The van der Waals surface area contributed by atoms with Crippen LogP contribution in [0.4, 0.5) is 0 Å². The fraction of sp³-hybridized carbons (Fsp3) is 0.875. The Morgan fingerprint density at radius 1 is 1.42 bits per heavy atom. The molecule has 4 nitrogen and oxygen atoms in total. The summed E-state index contributed by atoms with van der Waals surface area (Å²) in [4.78, 5) is 10.2. The Labute approximate surface area is 71.5 Å². The molecule has 1 fully saturated rings. The molecule has 1 N–H and O–H groups in total. The highest BCUT2D eigenvalue weighted by Crippen LogP contribution is 2.28. The van der Waals surface area contributed by atoms with Crippen molar-refractivity contribution in [3.05, 3.63) is 0 Å². The molecule has 0 aromatic rings. The van der Waals surface area contributed by atoms with E-state index in [1.807, 2.05) is 0 Å². The minimum atomic E-state index is -0.679. The lowest BCUT2D eigenvalue weighted by Gasteiger charge is -2.16. The Morgan fingerprint density at radius 2 is 2.00 bits per heavy atom. The van der Waals surface area contributed by atoms with Gasteiger partial charge in [-0.1, -0.05) is 0 Å². The first-order valence-corrected chi connectivity index (χ1v) is 3.99. The smallest absolute Gasteiger partial charge is 0.163 e. The fourth-order valence-corrected chi connectivity index (χ4v) is 1.36. The van der Waals surface area contributed by atoms with E-state index in [9.17, 15) is 4.79 Å². The molecule has 0 amide bonds. The van der Waals surface area contributed by atoms with Crippen LogP contribution in [0.25, 0.3) is 0 Å². The van der Waals surface area contributed by atoms with Crippen molar-refractivity contribution in [2.45, 2.75) is 38.3 Å². The van der Waals surface area contributed by atoms with Gasteiger partial charge in [-0.2, -0.15) is 0 Å². The fourth-order valence-electron chi connectivity index (χ4n) is 1.36. The van der Waals surface area contributed by atoms with E-state index >= 15 is 0 Å². The molecule has 0 radical (unpaired) electrons. The third-order valence-electron chi connectivity index (χ3n) is 1.79. The van der Waals surface area contributed by atoms with E-state index in [0.29, 0.717) is 0 Å². The van der Waals surface area contributed by atoms with Gasteiger partial charge in [-0.3, -0.25) is 0 Å². The van der Waals surface area contributed by atoms with Crippen molar-refractivity contribution in [1.29, 1.82) is 0 Å². The summed E-state index contributed by atoms with van der Waals surface area (Å²) in [7, 11) is 0. The van der Waals surface area contributed by atoms with E-state index in [1.165, 1.54) is 0 Å². The van der Waals surface area contributed by atoms with Crippen LogP contribution in [0.2, 0.25) is 0 Å². The number of rotatable bonds is 3. The molecule has 0 unspecified atom stereocenters. The number of carbonyl (C=O) groups excluding carboxylic acids is 1. The number of hydrogen-bond donors (Lipinski definition) is 1. The minimum Gasteiger partial charge on any atom is -0.394 e. The molecule has 1 heterocycles. The van der Waals surface area contributed by atoms with Gasteiger partial charge in [-0.25, -0.2) is 0 Å². The molecule has 2 atom stereocenters. The molecule has 1 aliphatic heterocycles. The lowest BCUT2D eigenvalue weighted by Crippen LogP contribution is -2.26. The zero-order chi connectivity index (χ0) is 9.19. The Balaban J connectivity index is 2.56. The maximum absolute atomic E-state index is 10.2. The molecule has 0 aromatic carbocycles. The van der Waals surface area contributed by atoms with Crippen LogP contribution in [-0.4, -0.2) is 36.0 Å². The quantitative estimate of drug-likeness (QED) is 0.616. The summed E-state index contributed by atoms with van der Waals surface area (Å²) in [6.45, 7) is 3.42. The summed E-state index contributed by atoms with van der Waals surface area (Å²) in [5.74, 6) is -0.679. The molecule has 1 aliphatic rings. The van der Waals surface area contributed by atoms with Gasteiger partial charge in [0.1, 0.15) is 12.4 Å². The summed E-state index contributed by atoms with van der Waals surface area (Å²) in [6.07, 6.45) is 0.375. The number of carbonyl (C=O) groups is 1. The first-order chi connectivity index (χ1) is 5.59. The van der Waals surface area contributed by atoms with Crippen LogP contribution in [0.15, 0.2) is 0 Å². The molecule has 70 valence electrons. The van der Waals surface area contributed by atoms with Crippen LogP contribution in [0.1, 0.15) is 20.3 Å². The van der Waals surface area contributed by atoms with Crippen LogP contribution >= 0.6 is 0 Å². The van der Waals surface area contributed by atoms with Crippen molar-refractivity contribution < 1.29 is 19.4 Å². The molecule has 0 saturated carbocycles. The summed E-state index contributed by atoms with van der Waals surface area (Å²) >= 11 is 0. The third kappa shape index (κ3) is 2.03. The van der Waals surface area contributed by atoms with Gasteiger partial charge in [-0.15, -0.1) is 0 Å². The van der Waals surface area contributed by atoms with E-state index in [4.69, 9.17) is 14.6 Å². The van der Waals surface area contributed by atoms with Crippen molar-refractivity contribution in [2.24, 2.45) is 0 Å². The Kier molecular flexibility index (Phi) is 2.82. The Bertz CT molecular complexity index is 166. The highest BCUT2D eigenvalue weighted by Gasteiger charge is 2.40. The van der Waals surface area contributed by atoms with Crippen LogP contribution < -0.4 is 0 Å². The third-order valence-corrected chi connectivity index (χ3v) is 1.79. The second-order valence-electron chi connectivity index (χ2n) is 3.30. The molecule has 0 spiro atoms. The number of aldehydes is 1. The predicted molar refractivity (Wildman–Crippen MR) is 41.6 cm³/mol. The molecular formula is C8H14O4.